The van der Waals surface area contributed by atoms with Gasteiger partial charge in [0, 0.05) is 6.04 Å². The van der Waals surface area contributed by atoms with E-state index in [1.54, 1.807) is 17.5 Å². The first-order valence-corrected chi connectivity index (χ1v) is 6.54. The molecule has 5 heteroatoms. The van der Waals surface area contributed by atoms with Crippen LogP contribution >= 0.6 is 11.3 Å². The average molecular weight is 248 g/mol. The number of anilines is 2. The molecule has 3 heterocycles. The van der Waals surface area contributed by atoms with Crippen LogP contribution in [-0.4, -0.2) is 17.6 Å². The number of nitrogens with zero attached hydrogens (tertiary/aromatic N) is 1. The van der Waals surface area contributed by atoms with E-state index in [4.69, 9.17) is 10.5 Å². The first kappa shape index (κ1) is 10.8. The van der Waals surface area contributed by atoms with Crippen LogP contribution in [0.2, 0.25) is 0 Å². The molecule has 2 aromatic rings. The molecule has 1 fully saturated rings. The van der Waals surface area contributed by atoms with Crippen LogP contribution in [0, 0.1) is 6.61 Å². The number of nitrogen functional groups attached to an aromatic ring is 1. The van der Waals surface area contributed by atoms with E-state index < -0.39 is 0 Å². The van der Waals surface area contributed by atoms with Gasteiger partial charge in [0.2, 0.25) is 0 Å². The summed E-state index contributed by atoms with van der Waals surface area (Å²) in [4.78, 5) is 4.30. The van der Waals surface area contributed by atoms with Crippen LogP contribution in [0.1, 0.15) is 12.8 Å². The maximum absolute atomic E-state index is 6.00. The summed E-state index contributed by atoms with van der Waals surface area (Å²) in [6, 6.07) is 2.34. The average Bonchev–Trinajstić information content (AvgIpc) is 2.83. The van der Waals surface area contributed by atoms with Gasteiger partial charge in [-0.2, -0.15) is 0 Å². The summed E-state index contributed by atoms with van der Waals surface area (Å²) in [6.45, 7) is 2.57. The lowest BCUT2D eigenvalue weighted by atomic mass is 10.1. The minimum absolute atomic E-state index is 0.329. The lowest BCUT2D eigenvalue weighted by molar-refractivity contribution is 0.144. The van der Waals surface area contributed by atoms with Crippen LogP contribution in [0.4, 0.5) is 11.4 Å². The molecule has 0 unspecified atom stereocenters. The van der Waals surface area contributed by atoms with Gasteiger partial charge in [-0.15, -0.1) is 11.3 Å². The van der Waals surface area contributed by atoms with E-state index >= 15 is 0 Å². The number of nitrogens with one attached hydrogen (secondary N) is 1. The Morgan fingerprint density at radius 1 is 1.53 bits per heavy atom. The molecule has 3 N–H and O–H groups in total. The smallest absolute Gasteiger partial charge is 0.0838 e. The maximum Gasteiger partial charge on any atom is 0.0838 e. The molecule has 3 rings (SSSR count). The number of hydrogen-bond acceptors (Lipinski definition) is 5. The number of nitrogens with two attached hydrogens (primary N) is 1. The van der Waals surface area contributed by atoms with Crippen molar-refractivity contribution in [3.05, 3.63) is 24.3 Å². The van der Waals surface area contributed by atoms with Gasteiger partial charge in [0.1, 0.15) is 0 Å². The maximum atomic E-state index is 6.00. The van der Waals surface area contributed by atoms with Crippen molar-refractivity contribution < 1.29 is 4.74 Å². The molecule has 1 aliphatic rings. The van der Waals surface area contributed by atoms with Crippen molar-refractivity contribution in [2.75, 3.05) is 17.7 Å². The quantitative estimate of drug-likeness (QED) is 0.857. The predicted molar refractivity (Wildman–Crippen MR) is 70.9 cm³/mol. The minimum atomic E-state index is 0.329. The molecule has 0 aliphatic carbocycles. The van der Waals surface area contributed by atoms with Crippen molar-refractivity contribution >= 4 is 32.9 Å². The molecule has 0 amide bonds. The number of rotatable bonds is 2. The van der Waals surface area contributed by atoms with E-state index in [1.807, 2.05) is 18.1 Å². The normalized spacial score (nSPS) is 20.6. The molecular formula is C12H14N3OS. The van der Waals surface area contributed by atoms with E-state index in [0.717, 1.165) is 28.7 Å². The van der Waals surface area contributed by atoms with Gasteiger partial charge in [0.25, 0.3) is 0 Å². The van der Waals surface area contributed by atoms with Crippen LogP contribution < -0.4 is 11.1 Å². The highest BCUT2D eigenvalue weighted by Crippen LogP contribution is 2.33. The Balaban J connectivity index is 1.92. The molecule has 1 radical (unpaired) electrons. The highest BCUT2D eigenvalue weighted by Gasteiger charge is 2.17. The molecule has 0 bridgehead atoms. The van der Waals surface area contributed by atoms with Gasteiger partial charge in [0.15, 0.2) is 0 Å². The summed E-state index contributed by atoms with van der Waals surface area (Å²) >= 11 is 1.66. The van der Waals surface area contributed by atoms with E-state index in [2.05, 4.69) is 10.3 Å². The minimum Gasteiger partial charge on any atom is -0.396 e. The summed E-state index contributed by atoms with van der Waals surface area (Å²) in [5.74, 6) is 0. The number of aromatic nitrogens is 1. The largest absolute Gasteiger partial charge is 0.396 e. The van der Waals surface area contributed by atoms with Gasteiger partial charge in [-0.1, -0.05) is 0 Å². The molecule has 0 aromatic carbocycles. The van der Waals surface area contributed by atoms with Crippen molar-refractivity contribution in [1.82, 2.24) is 4.98 Å². The molecule has 17 heavy (non-hydrogen) atoms. The monoisotopic (exact) mass is 248 g/mol. The highest BCUT2D eigenvalue weighted by atomic mass is 32.1. The Morgan fingerprint density at radius 2 is 2.47 bits per heavy atom. The van der Waals surface area contributed by atoms with Crippen molar-refractivity contribution in [2.45, 2.75) is 18.9 Å². The van der Waals surface area contributed by atoms with E-state index in [0.29, 0.717) is 18.3 Å². The second-order valence-corrected chi connectivity index (χ2v) is 5.06. The molecule has 89 valence electrons. The fourth-order valence-electron chi connectivity index (χ4n) is 2.01. The fourth-order valence-corrected chi connectivity index (χ4v) is 2.88. The second kappa shape index (κ2) is 4.50. The standard InChI is InChI=1S/C12H14N3OS/c13-9-6-14-10-3-5-17-12(10)11(9)15-8-2-1-4-16-7-8/h3-6,8H,1-2,7,13H2,(H,14,15)/t8-/m0/s1. The van der Waals surface area contributed by atoms with Gasteiger partial charge >= 0.3 is 0 Å². The third-order valence-corrected chi connectivity index (χ3v) is 3.82. The number of ether oxygens (including phenoxy) is 1. The predicted octanol–water partition coefficient (Wildman–Crippen LogP) is 2.63. The molecular weight excluding hydrogens is 234 g/mol. The Hall–Kier alpha value is -1.33. The second-order valence-electron chi connectivity index (χ2n) is 4.14. The molecule has 1 aliphatic heterocycles. The Morgan fingerprint density at radius 3 is 3.29 bits per heavy atom. The van der Waals surface area contributed by atoms with Crippen LogP contribution in [0.15, 0.2) is 17.6 Å². The first-order chi connectivity index (χ1) is 8.34. The van der Waals surface area contributed by atoms with Crippen molar-refractivity contribution in [3.63, 3.8) is 0 Å². The summed E-state index contributed by atoms with van der Waals surface area (Å²) < 4.78 is 6.47. The lowest BCUT2D eigenvalue weighted by Crippen LogP contribution is -2.28. The topological polar surface area (TPSA) is 60.2 Å². The van der Waals surface area contributed by atoms with Crippen molar-refractivity contribution in [1.29, 1.82) is 0 Å². The van der Waals surface area contributed by atoms with E-state index in [9.17, 15) is 0 Å². The number of fused-ring (bicyclic) bond motifs is 1. The molecule has 4 nitrogen and oxygen atoms in total. The highest BCUT2D eigenvalue weighted by molar-refractivity contribution is 7.17. The van der Waals surface area contributed by atoms with Gasteiger partial charge in [-0.25, -0.2) is 0 Å². The summed E-state index contributed by atoms with van der Waals surface area (Å²) in [5, 5.41) is 5.51. The third kappa shape index (κ3) is 2.08. The molecule has 0 saturated carbocycles. The van der Waals surface area contributed by atoms with Gasteiger partial charge in [-0.3, -0.25) is 4.98 Å². The van der Waals surface area contributed by atoms with E-state index in [1.165, 1.54) is 0 Å². The summed E-state index contributed by atoms with van der Waals surface area (Å²) in [6.07, 6.45) is 3.78. The summed E-state index contributed by atoms with van der Waals surface area (Å²) in [7, 11) is 0. The summed E-state index contributed by atoms with van der Waals surface area (Å²) in [5.41, 5.74) is 8.70. The zero-order valence-electron chi connectivity index (χ0n) is 9.35. The number of hydrogen-bond donors (Lipinski definition) is 2. The molecule has 1 saturated heterocycles. The zero-order valence-corrected chi connectivity index (χ0v) is 10.2. The van der Waals surface area contributed by atoms with Crippen LogP contribution in [0.25, 0.3) is 10.2 Å². The Bertz CT molecular complexity index is 519. The van der Waals surface area contributed by atoms with Crippen molar-refractivity contribution in [2.24, 2.45) is 0 Å². The first-order valence-electron chi connectivity index (χ1n) is 5.66. The Kier molecular flexibility index (Phi) is 2.86. The van der Waals surface area contributed by atoms with Gasteiger partial charge in [-0.05, 0) is 24.3 Å². The third-order valence-electron chi connectivity index (χ3n) is 2.90. The lowest BCUT2D eigenvalue weighted by Gasteiger charge is -2.24. The SMILES string of the molecule is Nc1cnc2ccsc2c1N[C@H]1CC[CH]OC1. The Labute approximate surface area is 104 Å². The van der Waals surface area contributed by atoms with Gasteiger partial charge < -0.3 is 15.8 Å². The molecule has 1 atom stereocenters. The van der Waals surface area contributed by atoms with Crippen LogP contribution in [-0.2, 0) is 4.74 Å². The fraction of sp³-hybridized carbons (Fsp3) is 0.333. The number of pyridine rings is 1. The number of thiophene rings is 1. The van der Waals surface area contributed by atoms with E-state index in [-0.39, 0.29) is 0 Å². The van der Waals surface area contributed by atoms with Crippen molar-refractivity contribution in [3.8, 4) is 0 Å². The van der Waals surface area contributed by atoms with Crippen LogP contribution in [0.5, 0.6) is 0 Å². The zero-order chi connectivity index (χ0) is 11.7. The molecule has 0 spiro atoms. The van der Waals surface area contributed by atoms with Crippen LogP contribution in [0.3, 0.4) is 0 Å². The van der Waals surface area contributed by atoms with Gasteiger partial charge in [0.05, 0.1) is 41.0 Å². The molecule has 2 aromatic heterocycles.